The molecule has 4 heterocycles. The lowest BCUT2D eigenvalue weighted by Crippen LogP contribution is -2.25. The quantitative estimate of drug-likeness (QED) is 0.675. The summed E-state index contributed by atoms with van der Waals surface area (Å²) in [6.45, 7) is 7.20. The van der Waals surface area contributed by atoms with Crippen molar-refractivity contribution in [2.75, 3.05) is 42.3 Å². The van der Waals surface area contributed by atoms with Crippen LogP contribution in [0.4, 0.5) is 20.3 Å². The Morgan fingerprint density at radius 3 is 2.56 bits per heavy atom. The highest BCUT2D eigenvalue weighted by atomic mass is 32.2. The van der Waals surface area contributed by atoms with E-state index in [1.807, 2.05) is 6.92 Å². The predicted molar refractivity (Wildman–Crippen MR) is 127 cm³/mol. The van der Waals surface area contributed by atoms with Gasteiger partial charge in [0.1, 0.15) is 0 Å². The van der Waals surface area contributed by atoms with E-state index in [2.05, 4.69) is 38.1 Å². The fraction of sp³-hybridized carbons (Fsp3) is 0.542. The molecule has 1 aliphatic carbocycles. The van der Waals surface area contributed by atoms with Gasteiger partial charge in [0, 0.05) is 44.6 Å². The summed E-state index contributed by atoms with van der Waals surface area (Å²) in [7, 11) is -2.34. The number of halogens is 2. The number of likely N-dealkylation sites (tertiary alicyclic amines) is 1. The first-order valence-corrected chi connectivity index (χ1v) is 13.3. The van der Waals surface area contributed by atoms with Crippen molar-refractivity contribution in [1.82, 2.24) is 15.2 Å². The molecule has 3 atom stereocenters. The predicted octanol–water partition coefficient (Wildman–Crippen LogP) is 3.01. The van der Waals surface area contributed by atoms with Gasteiger partial charge in [-0.15, -0.1) is 0 Å². The highest BCUT2D eigenvalue weighted by Crippen LogP contribution is 2.52. The van der Waals surface area contributed by atoms with Crippen LogP contribution in [0.1, 0.15) is 23.1 Å². The van der Waals surface area contributed by atoms with Crippen molar-refractivity contribution in [3.8, 4) is 11.3 Å². The monoisotopic (exact) mass is 489 g/mol. The van der Waals surface area contributed by atoms with E-state index in [4.69, 9.17) is 0 Å². The van der Waals surface area contributed by atoms with Crippen LogP contribution in [0.3, 0.4) is 0 Å². The number of rotatable bonds is 5. The Kier molecular flexibility index (Phi) is 4.96. The van der Waals surface area contributed by atoms with Gasteiger partial charge in [-0.3, -0.25) is 9.62 Å². The van der Waals surface area contributed by atoms with E-state index in [0.717, 1.165) is 60.0 Å². The van der Waals surface area contributed by atoms with Gasteiger partial charge in [-0.25, -0.2) is 18.1 Å². The van der Waals surface area contributed by atoms with E-state index in [9.17, 15) is 17.2 Å². The van der Waals surface area contributed by atoms with Gasteiger partial charge in [-0.1, -0.05) is 12.1 Å². The molecule has 0 amide bonds. The third kappa shape index (κ3) is 3.76. The van der Waals surface area contributed by atoms with Crippen LogP contribution < -0.4 is 14.3 Å². The average molecular weight is 490 g/mol. The molecular formula is C24H29F2N5O2S. The van der Waals surface area contributed by atoms with Crippen molar-refractivity contribution in [3.05, 3.63) is 41.0 Å². The molecule has 2 aromatic rings. The first kappa shape index (κ1) is 22.2. The van der Waals surface area contributed by atoms with Crippen molar-refractivity contribution < 1.29 is 17.2 Å². The molecule has 3 fully saturated rings. The van der Waals surface area contributed by atoms with Crippen molar-refractivity contribution in [2.24, 2.45) is 17.8 Å². The Morgan fingerprint density at radius 2 is 1.88 bits per heavy atom. The third-order valence-corrected chi connectivity index (χ3v) is 9.20. The normalized spacial score (nSPS) is 28.6. The van der Waals surface area contributed by atoms with Gasteiger partial charge in [0.15, 0.2) is 5.82 Å². The minimum absolute atomic E-state index is 0.116. The highest BCUT2D eigenvalue weighted by molar-refractivity contribution is 7.94. The molecule has 3 aliphatic heterocycles. The number of pyridine rings is 1. The molecule has 4 aliphatic rings. The van der Waals surface area contributed by atoms with E-state index in [-0.39, 0.29) is 18.7 Å². The SMILES string of the molecule is Cc1ccc(CN2C[C@H]3CNC[C@H]3C2)cc1-c1cc(CC2CC2(F)F)c2c(n1)N(C)S(=O)(=O)N2. The first-order chi connectivity index (χ1) is 16.1. The van der Waals surface area contributed by atoms with Crippen LogP contribution in [0.5, 0.6) is 0 Å². The van der Waals surface area contributed by atoms with E-state index in [0.29, 0.717) is 16.9 Å². The molecule has 0 bridgehead atoms. The molecular weight excluding hydrogens is 460 g/mol. The van der Waals surface area contributed by atoms with Gasteiger partial charge in [0.25, 0.3) is 5.92 Å². The van der Waals surface area contributed by atoms with Crippen LogP contribution >= 0.6 is 0 Å². The summed E-state index contributed by atoms with van der Waals surface area (Å²) in [6, 6.07) is 8.09. The summed E-state index contributed by atoms with van der Waals surface area (Å²) in [5, 5.41) is 3.47. The molecule has 1 aromatic carbocycles. The van der Waals surface area contributed by atoms with Crippen molar-refractivity contribution >= 4 is 21.7 Å². The maximum Gasteiger partial charge on any atom is 0.325 e. The minimum Gasteiger partial charge on any atom is -0.316 e. The highest BCUT2D eigenvalue weighted by Gasteiger charge is 2.56. The maximum atomic E-state index is 13.7. The number of anilines is 2. The van der Waals surface area contributed by atoms with Gasteiger partial charge < -0.3 is 5.32 Å². The Balaban J connectivity index is 1.34. The molecule has 0 spiro atoms. The number of hydrogen-bond donors (Lipinski definition) is 2. The van der Waals surface area contributed by atoms with Crippen LogP contribution in [0.25, 0.3) is 11.3 Å². The molecule has 2 N–H and O–H groups in total. The van der Waals surface area contributed by atoms with Crippen molar-refractivity contribution in [3.63, 3.8) is 0 Å². The molecule has 34 heavy (non-hydrogen) atoms. The summed E-state index contributed by atoms with van der Waals surface area (Å²) in [6.07, 6.45) is -0.0472. The molecule has 2 saturated heterocycles. The zero-order chi connectivity index (χ0) is 23.8. The van der Waals surface area contributed by atoms with Gasteiger partial charge in [-0.2, -0.15) is 8.42 Å². The molecule has 1 aromatic heterocycles. The van der Waals surface area contributed by atoms with Gasteiger partial charge in [-0.05, 0) is 67.1 Å². The summed E-state index contributed by atoms with van der Waals surface area (Å²) < 4.78 is 55.9. The fourth-order valence-corrected chi connectivity index (χ4v) is 6.65. The fourth-order valence-electron chi connectivity index (χ4n) is 5.67. The zero-order valence-electron chi connectivity index (χ0n) is 19.3. The molecule has 182 valence electrons. The van der Waals surface area contributed by atoms with Crippen LogP contribution in [-0.2, 0) is 23.2 Å². The van der Waals surface area contributed by atoms with E-state index in [1.165, 1.54) is 12.6 Å². The van der Waals surface area contributed by atoms with Crippen LogP contribution in [-0.4, -0.2) is 57.5 Å². The lowest BCUT2D eigenvalue weighted by molar-refractivity contribution is 0.0989. The number of alkyl halides is 2. The molecule has 10 heteroatoms. The number of fused-ring (bicyclic) bond motifs is 2. The maximum absolute atomic E-state index is 13.7. The number of benzene rings is 1. The summed E-state index contributed by atoms with van der Waals surface area (Å²) in [4.78, 5) is 7.17. The minimum atomic E-state index is -3.77. The number of hydrogen-bond acceptors (Lipinski definition) is 5. The number of aryl methyl sites for hydroxylation is 1. The molecule has 0 radical (unpaired) electrons. The van der Waals surface area contributed by atoms with Crippen LogP contribution in [0.2, 0.25) is 0 Å². The lowest BCUT2D eigenvalue weighted by atomic mass is 9.98. The first-order valence-electron chi connectivity index (χ1n) is 11.8. The lowest BCUT2D eigenvalue weighted by Gasteiger charge is -2.19. The van der Waals surface area contributed by atoms with Crippen LogP contribution in [0.15, 0.2) is 24.3 Å². The Morgan fingerprint density at radius 1 is 1.18 bits per heavy atom. The second-order valence-electron chi connectivity index (χ2n) is 10.3. The van der Waals surface area contributed by atoms with E-state index < -0.39 is 22.0 Å². The van der Waals surface area contributed by atoms with Crippen molar-refractivity contribution in [2.45, 2.75) is 32.2 Å². The van der Waals surface area contributed by atoms with Crippen LogP contribution in [0, 0.1) is 24.7 Å². The van der Waals surface area contributed by atoms with E-state index >= 15 is 0 Å². The molecule has 1 saturated carbocycles. The van der Waals surface area contributed by atoms with Gasteiger partial charge >= 0.3 is 10.2 Å². The summed E-state index contributed by atoms with van der Waals surface area (Å²) >= 11 is 0. The average Bonchev–Trinajstić information content (AvgIpc) is 3.09. The smallest absolute Gasteiger partial charge is 0.316 e. The summed E-state index contributed by atoms with van der Waals surface area (Å²) in [5.74, 6) is -1.74. The second-order valence-corrected chi connectivity index (χ2v) is 12.0. The summed E-state index contributed by atoms with van der Waals surface area (Å²) in [5.41, 5.74) is 4.59. The number of nitrogens with zero attached hydrogens (tertiary/aromatic N) is 3. The van der Waals surface area contributed by atoms with Gasteiger partial charge in [0.2, 0.25) is 0 Å². The second kappa shape index (κ2) is 7.60. The molecule has 7 nitrogen and oxygen atoms in total. The standard InChI is InChI=1S/C24H29F2N5O2S/c1-14-3-4-15(11-31-12-17-9-27-10-18(17)13-31)5-20(14)21-7-16(6-19-8-24(19,25)26)22-23(28-21)30(2)34(32,33)29-22/h3-5,7,17-19,27,29H,6,8-13H2,1-2H3/t17-,18+,19?. The Bertz CT molecular complexity index is 1260. The Labute approximate surface area is 198 Å². The van der Waals surface area contributed by atoms with Gasteiger partial charge in [0.05, 0.1) is 11.4 Å². The Hall–Kier alpha value is -2.30. The topological polar surface area (TPSA) is 77.6 Å². The van der Waals surface area contributed by atoms with Crippen molar-refractivity contribution in [1.29, 1.82) is 0 Å². The largest absolute Gasteiger partial charge is 0.325 e. The zero-order valence-corrected chi connectivity index (χ0v) is 20.1. The third-order valence-electron chi connectivity index (χ3n) is 7.84. The molecule has 1 unspecified atom stereocenters. The van der Waals surface area contributed by atoms with E-state index in [1.54, 1.807) is 6.07 Å². The molecule has 6 rings (SSSR count). The number of nitrogens with one attached hydrogen (secondary N) is 2. The number of aromatic nitrogens is 1.